The molecule has 2 aliphatic rings. The lowest BCUT2D eigenvalue weighted by atomic mass is 9.91. The maximum absolute atomic E-state index is 6.19. The van der Waals surface area contributed by atoms with E-state index in [0.29, 0.717) is 18.1 Å². The van der Waals surface area contributed by atoms with E-state index >= 15 is 0 Å². The third-order valence-electron chi connectivity index (χ3n) is 6.89. The SMILES string of the molecule is Cn1c2ccncc2c2ccc(-c3ccc(O[C@H]4C[C@H](OC5CCNCC5)C4)nc3)cc21. The normalized spacial score (nSPS) is 21.7. The second-order valence-electron chi connectivity index (χ2n) is 8.99. The Kier molecular flexibility index (Phi) is 5.04. The lowest BCUT2D eigenvalue weighted by Gasteiger charge is -2.38. The van der Waals surface area contributed by atoms with Crippen molar-refractivity contribution in [3.8, 4) is 17.0 Å². The summed E-state index contributed by atoms with van der Waals surface area (Å²) in [5.41, 5.74) is 4.62. The van der Waals surface area contributed by atoms with Gasteiger partial charge in [0.2, 0.25) is 5.88 Å². The smallest absolute Gasteiger partial charge is 0.213 e. The van der Waals surface area contributed by atoms with Gasteiger partial charge in [-0.25, -0.2) is 4.98 Å². The Bertz CT molecular complexity index is 1240. The zero-order chi connectivity index (χ0) is 21.5. The molecule has 4 aromatic rings. The maximum atomic E-state index is 6.19. The molecule has 1 N–H and O–H groups in total. The number of nitrogens with zero attached hydrogens (tertiary/aromatic N) is 3. The van der Waals surface area contributed by atoms with Crippen molar-refractivity contribution in [2.24, 2.45) is 7.05 Å². The molecule has 0 radical (unpaired) electrons. The van der Waals surface area contributed by atoms with E-state index in [4.69, 9.17) is 9.47 Å². The van der Waals surface area contributed by atoms with Crippen LogP contribution in [0.2, 0.25) is 0 Å². The highest BCUT2D eigenvalue weighted by molar-refractivity contribution is 6.08. The Hall–Kier alpha value is -2.96. The van der Waals surface area contributed by atoms with Crippen LogP contribution in [0, 0.1) is 0 Å². The van der Waals surface area contributed by atoms with Crippen LogP contribution in [-0.2, 0) is 11.8 Å². The summed E-state index contributed by atoms with van der Waals surface area (Å²) < 4.78 is 14.5. The van der Waals surface area contributed by atoms with Gasteiger partial charge in [0.1, 0.15) is 6.10 Å². The molecule has 0 spiro atoms. The second kappa shape index (κ2) is 8.19. The maximum Gasteiger partial charge on any atom is 0.213 e. The van der Waals surface area contributed by atoms with E-state index in [1.54, 1.807) is 0 Å². The lowest BCUT2D eigenvalue weighted by Crippen LogP contribution is -2.43. The summed E-state index contributed by atoms with van der Waals surface area (Å²) in [7, 11) is 2.10. The molecule has 164 valence electrons. The summed E-state index contributed by atoms with van der Waals surface area (Å²) in [6, 6.07) is 12.7. The number of rotatable bonds is 5. The number of piperidine rings is 1. The standard InChI is InChI=1S/C26H28N4O2/c1-30-24-8-11-28-16-23(24)22-4-2-17(12-25(22)30)18-3-5-26(29-15-18)32-21-13-20(14-21)31-19-6-9-27-10-7-19/h2-5,8,11-12,15-16,19-21,27H,6-7,9-10,13-14H2,1H3/t20-,21-. The number of benzene rings is 1. The van der Waals surface area contributed by atoms with Crippen LogP contribution in [0.25, 0.3) is 32.9 Å². The van der Waals surface area contributed by atoms with Gasteiger partial charge in [-0.1, -0.05) is 12.1 Å². The van der Waals surface area contributed by atoms with Crippen LogP contribution in [0.15, 0.2) is 55.0 Å². The predicted molar refractivity (Wildman–Crippen MR) is 126 cm³/mol. The zero-order valence-electron chi connectivity index (χ0n) is 18.3. The summed E-state index contributed by atoms with van der Waals surface area (Å²) in [6.45, 7) is 2.14. The van der Waals surface area contributed by atoms with Crippen LogP contribution >= 0.6 is 0 Å². The first-order valence-electron chi connectivity index (χ1n) is 11.6. The fraction of sp³-hybridized carbons (Fsp3) is 0.385. The molecule has 32 heavy (non-hydrogen) atoms. The quantitative estimate of drug-likeness (QED) is 0.508. The van der Waals surface area contributed by atoms with E-state index in [1.807, 2.05) is 24.7 Å². The monoisotopic (exact) mass is 428 g/mol. The number of aryl methyl sites for hydroxylation is 1. The van der Waals surface area contributed by atoms with E-state index in [2.05, 4.69) is 57.2 Å². The molecule has 0 unspecified atom stereocenters. The van der Waals surface area contributed by atoms with Crippen molar-refractivity contribution < 1.29 is 9.47 Å². The van der Waals surface area contributed by atoms with Crippen molar-refractivity contribution in [2.45, 2.75) is 44.0 Å². The summed E-state index contributed by atoms with van der Waals surface area (Å²) in [6.07, 6.45) is 10.8. The molecule has 1 saturated heterocycles. The third-order valence-corrected chi connectivity index (χ3v) is 6.89. The minimum absolute atomic E-state index is 0.209. The summed E-state index contributed by atoms with van der Waals surface area (Å²) in [5, 5.41) is 5.79. The van der Waals surface area contributed by atoms with Gasteiger partial charge in [-0.05, 0) is 49.7 Å². The number of aromatic nitrogens is 3. The van der Waals surface area contributed by atoms with E-state index in [1.165, 1.54) is 21.8 Å². The molecule has 1 saturated carbocycles. The minimum atomic E-state index is 0.209. The van der Waals surface area contributed by atoms with Crippen LogP contribution in [0.3, 0.4) is 0 Å². The molecule has 0 atom stereocenters. The van der Waals surface area contributed by atoms with E-state index in [-0.39, 0.29) is 6.10 Å². The number of hydrogen-bond donors (Lipinski definition) is 1. The van der Waals surface area contributed by atoms with Gasteiger partial charge in [0.25, 0.3) is 0 Å². The van der Waals surface area contributed by atoms with Crippen LogP contribution in [0.1, 0.15) is 25.7 Å². The largest absolute Gasteiger partial charge is 0.474 e. The van der Waals surface area contributed by atoms with Crippen LogP contribution in [-0.4, -0.2) is 45.9 Å². The first kappa shape index (κ1) is 19.7. The zero-order valence-corrected chi connectivity index (χ0v) is 18.3. The van der Waals surface area contributed by atoms with Crippen LogP contribution in [0.5, 0.6) is 5.88 Å². The Morgan fingerprint density at radius 3 is 2.53 bits per heavy atom. The van der Waals surface area contributed by atoms with E-state index < -0.39 is 0 Å². The average Bonchev–Trinajstić information content (AvgIpc) is 3.10. The fourth-order valence-electron chi connectivity index (χ4n) is 4.95. The van der Waals surface area contributed by atoms with E-state index in [0.717, 1.165) is 49.9 Å². The molecule has 6 nitrogen and oxygen atoms in total. The second-order valence-corrected chi connectivity index (χ2v) is 8.99. The van der Waals surface area contributed by atoms with Gasteiger partial charge in [-0.15, -0.1) is 0 Å². The fourth-order valence-corrected chi connectivity index (χ4v) is 4.95. The van der Waals surface area contributed by atoms with Crippen molar-refractivity contribution in [1.29, 1.82) is 0 Å². The molecule has 2 fully saturated rings. The molecule has 1 aliphatic carbocycles. The summed E-state index contributed by atoms with van der Waals surface area (Å²) >= 11 is 0. The lowest BCUT2D eigenvalue weighted by molar-refractivity contribution is -0.103. The van der Waals surface area contributed by atoms with Gasteiger partial charge in [-0.2, -0.15) is 0 Å². The number of fused-ring (bicyclic) bond motifs is 3. The van der Waals surface area contributed by atoms with E-state index in [9.17, 15) is 0 Å². The molecule has 6 heteroatoms. The molecule has 6 rings (SSSR count). The Morgan fingerprint density at radius 1 is 0.875 bits per heavy atom. The third kappa shape index (κ3) is 3.63. The Labute approximate surface area is 187 Å². The topological polar surface area (TPSA) is 61.2 Å². The van der Waals surface area contributed by atoms with Crippen molar-refractivity contribution in [1.82, 2.24) is 19.9 Å². The highest BCUT2D eigenvalue weighted by atomic mass is 16.5. The predicted octanol–water partition coefficient (Wildman–Crippen LogP) is 4.47. The van der Waals surface area contributed by atoms with Gasteiger partial charge >= 0.3 is 0 Å². The number of ether oxygens (including phenoxy) is 2. The van der Waals surface area contributed by atoms with Gasteiger partial charge in [0.05, 0.1) is 17.7 Å². The van der Waals surface area contributed by atoms with Crippen molar-refractivity contribution in [3.63, 3.8) is 0 Å². The average molecular weight is 429 g/mol. The summed E-state index contributed by atoms with van der Waals surface area (Å²) in [4.78, 5) is 8.86. The number of hydrogen-bond acceptors (Lipinski definition) is 5. The summed E-state index contributed by atoms with van der Waals surface area (Å²) in [5.74, 6) is 0.691. The molecule has 3 aromatic heterocycles. The first-order valence-corrected chi connectivity index (χ1v) is 11.6. The van der Waals surface area contributed by atoms with Gasteiger partial charge in [0, 0.05) is 66.4 Å². The van der Waals surface area contributed by atoms with Crippen molar-refractivity contribution in [3.05, 3.63) is 55.0 Å². The Balaban J connectivity index is 1.12. The number of nitrogens with one attached hydrogen (secondary N) is 1. The van der Waals surface area contributed by atoms with Gasteiger partial charge < -0.3 is 19.4 Å². The molecular weight excluding hydrogens is 400 g/mol. The van der Waals surface area contributed by atoms with Gasteiger partial charge in [-0.3, -0.25) is 4.98 Å². The highest BCUT2D eigenvalue weighted by Crippen LogP contribution is 2.33. The molecule has 1 aliphatic heterocycles. The number of pyridine rings is 2. The van der Waals surface area contributed by atoms with Gasteiger partial charge in [0.15, 0.2) is 0 Å². The highest BCUT2D eigenvalue weighted by Gasteiger charge is 2.34. The van der Waals surface area contributed by atoms with Crippen LogP contribution < -0.4 is 10.1 Å². The van der Waals surface area contributed by atoms with Crippen molar-refractivity contribution >= 4 is 21.8 Å². The molecular formula is C26H28N4O2. The minimum Gasteiger partial charge on any atom is -0.474 e. The molecule has 4 heterocycles. The molecule has 1 aromatic carbocycles. The molecule has 0 amide bonds. The Morgan fingerprint density at radius 2 is 1.72 bits per heavy atom. The molecule has 0 bridgehead atoms. The van der Waals surface area contributed by atoms with Crippen LogP contribution in [0.4, 0.5) is 0 Å². The van der Waals surface area contributed by atoms with Crippen molar-refractivity contribution in [2.75, 3.05) is 13.1 Å². The first-order chi connectivity index (χ1) is 15.7.